The van der Waals surface area contributed by atoms with Crippen LogP contribution in [0, 0.1) is 0 Å². The van der Waals surface area contributed by atoms with Crippen molar-refractivity contribution in [3.05, 3.63) is 12.1 Å². The summed E-state index contributed by atoms with van der Waals surface area (Å²) in [5.74, 6) is -1.45. The summed E-state index contributed by atoms with van der Waals surface area (Å²) >= 11 is 0. The zero-order valence-electron chi connectivity index (χ0n) is 6.32. The predicted molar refractivity (Wildman–Crippen MR) is 19.8 cm³/mol. The fraction of sp³-hybridized carbons (Fsp3) is 0.250. The van der Waals surface area contributed by atoms with Gasteiger partial charge in [0.05, 0.1) is 8.71 Å². The number of carbonyl (C=O) groups is 1. The van der Waals surface area contributed by atoms with E-state index in [1.165, 1.54) is 0 Å². The van der Waals surface area contributed by atoms with Gasteiger partial charge in [-0.25, -0.2) is 0 Å². The quantitative estimate of drug-likeness (QED) is 0.256. The van der Waals surface area contributed by atoms with E-state index in [1.807, 2.05) is 0 Å². The Morgan fingerprint density at radius 2 is 2.43 bits per heavy atom. The normalized spacial score (nSPS) is 9.86. The van der Waals surface area contributed by atoms with Crippen LogP contribution in [0.2, 0.25) is 0 Å². The second-order valence-electron chi connectivity index (χ2n) is 0.912. The third kappa shape index (κ3) is 6.21. The molecular weight excluding hydrogens is 100 g/mol. The van der Waals surface area contributed by atoms with Crippen LogP contribution in [-0.2, 0) is 4.79 Å². The second-order valence-corrected chi connectivity index (χ2v) is 0.912. The number of hydrogen-bond acceptors (Lipinski definition) is 2. The maximum atomic E-state index is 9.73. The molecule has 0 bridgehead atoms. The molecule has 3 heteroatoms. The molecule has 0 amide bonds. The summed E-state index contributed by atoms with van der Waals surface area (Å²) in [6.07, 6.45) is 0. The van der Waals surface area contributed by atoms with E-state index in [0.29, 0.717) is 0 Å². The molecule has 0 saturated heterocycles. The van der Waals surface area contributed by atoms with Gasteiger partial charge in [0.2, 0.25) is 0 Å². The molecule has 0 aromatic heterocycles. The molecule has 0 heterocycles. The van der Waals surface area contributed by atoms with Gasteiger partial charge in [0.25, 0.3) is 0 Å². The molecule has 0 N–H and O–H groups in total. The van der Waals surface area contributed by atoms with E-state index >= 15 is 0 Å². The first-order valence-electron chi connectivity index (χ1n) is 2.41. The fourth-order valence-electron chi connectivity index (χ4n) is 0. The molecule has 2 nitrogen and oxygen atoms in total. The minimum atomic E-state index is -1.45. The molecule has 0 unspecified atom stereocenters. The monoisotopic (exact) mass is 107 g/mol. The van der Waals surface area contributed by atoms with E-state index in [4.69, 9.17) is 2.74 Å². The summed E-state index contributed by atoms with van der Waals surface area (Å²) in [6.45, 7) is 0.454. The summed E-state index contributed by atoms with van der Waals surface area (Å²) in [6, 6.07) is 0. The first-order valence-corrected chi connectivity index (χ1v) is 1.41. The molecule has 0 aromatic carbocycles. The molecule has 0 saturated carbocycles. The Hall–Kier alpha value is 0.210. The minimum absolute atomic E-state index is 0. The second kappa shape index (κ2) is 4.37. The van der Waals surface area contributed by atoms with Gasteiger partial charge in [-0.15, -0.1) is 0 Å². The van der Waals surface area contributed by atoms with Gasteiger partial charge >= 0.3 is 29.6 Å². The van der Waals surface area contributed by atoms with Crippen molar-refractivity contribution in [2.45, 2.75) is 6.92 Å². The summed E-state index contributed by atoms with van der Waals surface area (Å²) in [7, 11) is 0. The Morgan fingerprint density at radius 3 is 2.43 bits per heavy atom. The van der Waals surface area contributed by atoms with Gasteiger partial charge in [-0.1, -0.05) is 6.53 Å². The van der Waals surface area contributed by atoms with Gasteiger partial charge in [-0.05, 0) is 12.5 Å². The van der Waals surface area contributed by atoms with Gasteiger partial charge in [-0.3, -0.25) is 0 Å². The Labute approximate surface area is 67.3 Å². The van der Waals surface area contributed by atoms with E-state index in [0.717, 1.165) is 6.92 Å². The Bertz CT molecular complexity index is 140. The third-order valence-corrected chi connectivity index (χ3v) is 0.306. The Morgan fingerprint density at radius 1 is 2.00 bits per heavy atom. The minimum Gasteiger partial charge on any atom is -0.545 e. The van der Waals surface area contributed by atoms with Crippen molar-refractivity contribution in [2.75, 3.05) is 0 Å². The van der Waals surface area contributed by atoms with E-state index in [-0.39, 0.29) is 35.1 Å². The van der Waals surface area contributed by atoms with E-state index in [1.54, 1.807) is 0 Å². The Kier molecular flexibility index (Phi) is 3.34. The topological polar surface area (TPSA) is 40.1 Å². The number of aliphatic carboxylic acids is 1. The molecule has 0 spiro atoms. The van der Waals surface area contributed by atoms with E-state index in [9.17, 15) is 9.90 Å². The summed E-state index contributed by atoms with van der Waals surface area (Å²) in [5.41, 5.74) is -0.343. The number of hydrogen-bond donors (Lipinski definition) is 0. The van der Waals surface area contributed by atoms with Crippen molar-refractivity contribution in [3.8, 4) is 0 Å². The van der Waals surface area contributed by atoms with Crippen LogP contribution in [0.5, 0.6) is 0 Å². The smallest absolute Gasteiger partial charge is 0.545 e. The molecule has 0 fully saturated rings. The molecule has 0 aliphatic rings. The number of carboxylic acids is 1. The van der Waals surface area contributed by atoms with E-state index < -0.39 is 12.5 Å². The molecule has 7 heavy (non-hydrogen) atoms. The Balaban J connectivity index is 0. The molecular formula is C4H5NaO2. The van der Waals surface area contributed by atoms with Gasteiger partial charge in [0.1, 0.15) is 0 Å². The van der Waals surface area contributed by atoms with Crippen LogP contribution in [0.4, 0.5) is 0 Å². The van der Waals surface area contributed by atoms with Gasteiger partial charge in [0, 0.05) is 0 Å². The molecule has 0 atom stereocenters. The summed E-state index contributed by atoms with van der Waals surface area (Å²) < 4.78 is 12.9. The first-order chi connectivity index (χ1) is 3.55. The zero-order chi connectivity index (χ0) is 6.73. The average Bonchev–Trinajstić information content (AvgIpc) is 1.64. The fourth-order valence-corrected chi connectivity index (χ4v) is 0. The molecule has 0 rings (SSSR count). The van der Waals surface area contributed by atoms with Crippen LogP contribution in [0.15, 0.2) is 12.1 Å². The van der Waals surface area contributed by atoms with Gasteiger partial charge in [-0.2, -0.15) is 0 Å². The maximum Gasteiger partial charge on any atom is 1.00 e. The van der Waals surface area contributed by atoms with Crippen molar-refractivity contribution < 1.29 is 42.2 Å². The summed E-state index contributed by atoms with van der Waals surface area (Å²) in [4.78, 5) is 9.73. The number of carboxylic acid groups (broad SMARTS) is 1. The molecule has 0 radical (unpaired) electrons. The predicted octanol–water partition coefficient (Wildman–Crippen LogP) is -3.68. The molecule has 0 aliphatic carbocycles. The van der Waals surface area contributed by atoms with Crippen LogP contribution in [0.3, 0.4) is 0 Å². The molecule has 34 valence electrons. The average molecular weight is 107 g/mol. The number of rotatable bonds is 1. The van der Waals surface area contributed by atoms with Crippen molar-refractivity contribution in [1.29, 1.82) is 0 Å². The zero-order valence-corrected chi connectivity index (χ0v) is 6.32. The van der Waals surface area contributed by atoms with Crippen molar-refractivity contribution >= 4 is 5.97 Å². The standard InChI is InChI=1S/C4H6O2.Na/c1-3(2)4(5)6;/h1H2,2H3,(H,5,6);/q;+1/p-1/i1D2,5-3;. The third-order valence-electron chi connectivity index (χ3n) is 0.306. The van der Waals surface area contributed by atoms with Crippen LogP contribution in [0.25, 0.3) is 0 Å². The van der Waals surface area contributed by atoms with Crippen LogP contribution in [-0.4, -0.2) is 5.97 Å². The maximum absolute atomic E-state index is 9.73. The SMILES string of the molecule is [2H]C([2H])=C(C)C([O-])=[13O].[Na+]. The van der Waals surface area contributed by atoms with Gasteiger partial charge < -0.3 is 9.90 Å². The van der Waals surface area contributed by atoms with Gasteiger partial charge in [0.15, 0.2) is 0 Å². The van der Waals surface area contributed by atoms with E-state index in [2.05, 4.69) is 0 Å². The first kappa shape index (κ1) is 5.35. The molecule has 0 aliphatic heterocycles. The van der Waals surface area contributed by atoms with Crippen LogP contribution in [0.1, 0.15) is 9.67 Å². The van der Waals surface area contributed by atoms with Crippen LogP contribution >= 0.6 is 0 Å². The summed E-state index contributed by atoms with van der Waals surface area (Å²) in [5, 5.41) is 9.73. The van der Waals surface area contributed by atoms with Crippen molar-refractivity contribution in [3.63, 3.8) is 0 Å². The van der Waals surface area contributed by atoms with Crippen molar-refractivity contribution in [1.82, 2.24) is 0 Å². The largest absolute Gasteiger partial charge is 1.00 e. The number of carbonyl (C=O) groups excluding carboxylic acids is 1. The molecule has 0 aromatic rings. The van der Waals surface area contributed by atoms with Crippen LogP contribution < -0.4 is 34.7 Å². The van der Waals surface area contributed by atoms with Crippen molar-refractivity contribution in [2.24, 2.45) is 0 Å².